The normalized spacial score (nSPS) is 13.7. The number of unbranched alkanes of at least 4 members (excludes halogenated alkanes) is 2. The van der Waals surface area contributed by atoms with Gasteiger partial charge in [-0.25, -0.2) is 4.98 Å². The molecule has 32 heavy (non-hydrogen) atoms. The average Bonchev–Trinajstić information content (AvgIpc) is 2.79. The Morgan fingerprint density at radius 3 is 2.44 bits per heavy atom. The minimum Gasteiger partial charge on any atom is -0.396 e. The number of rotatable bonds is 10. The number of carbonyl (C=O) groups excluding carboxylic acids is 2. The van der Waals surface area contributed by atoms with E-state index in [-0.39, 0.29) is 18.1 Å². The number of aromatic nitrogens is 2. The van der Waals surface area contributed by atoms with E-state index in [1.54, 1.807) is 6.92 Å². The third kappa shape index (κ3) is 6.30. The molecule has 0 spiro atoms. The third-order valence-electron chi connectivity index (χ3n) is 5.40. The highest BCUT2D eigenvalue weighted by Gasteiger charge is 2.18. The van der Waals surface area contributed by atoms with Crippen molar-refractivity contribution >= 4 is 35.0 Å². The van der Waals surface area contributed by atoms with Gasteiger partial charge in [-0.3, -0.25) is 9.59 Å². The molecule has 1 saturated heterocycles. The number of primary amides is 1. The number of anilines is 4. The molecule has 1 aliphatic heterocycles. The van der Waals surface area contributed by atoms with Crippen LogP contribution in [0, 0.1) is 0 Å². The van der Waals surface area contributed by atoms with Crippen molar-refractivity contribution < 1.29 is 14.7 Å². The van der Waals surface area contributed by atoms with E-state index in [0.29, 0.717) is 18.3 Å². The Balaban J connectivity index is 1.61. The van der Waals surface area contributed by atoms with Crippen molar-refractivity contribution in [2.45, 2.75) is 26.2 Å². The second kappa shape index (κ2) is 11.3. The minimum atomic E-state index is -0.594. The van der Waals surface area contributed by atoms with Crippen LogP contribution in [0.3, 0.4) is 0 Å². The SMILES string of the molecule is CC(=O)N1CCN(c2ccc(Nc3ncc(C(N)=O)c(NCCCCCO)n3)cc2)CC1. The fourth-order valence-electron chi connectivity index (χ4n) is 3.54. The van der Waals surface area contributed by atoms with E-state index in [1.165, 1.54) is 6.20 Å². The molecule has 0 atom stereocenters. The Morgan fingerprint density at radius 1 is 1.09 bits per heavy atom. The maximum absolute atomic E-state index is 11.7. The first-order chi connectivity index (χ1) is 15.5. The molecule has 2 aromatic rings. The molecule has 10 heteroatoms. The molecular weight excluding hydrogens is 410 g/mol. The number of nitrogens with zero attached hydrogens (tertiary/aromatic N) is 4. The number of hydrogen-bond acceptors (Lipinski definition) is 8. The molecule has 10 nitrogen and oxygen atoms in total. The van der Waals surface area contributed by atoms with Crippen LogP contribution in [-0.2, 0) is 4.79 Å². The predicted octanol–water partition coefficient (Wildman–Crippen LogP) is 1.56. The number of carbonyl (C=O) groups is 2. The molecule has 1 aromatic carbocycles. The number of aliphatic hydroxyl groups is 1. The second-order valence-corrected chi connectivity index (χ2v) is 7.70. The van der Waals surface area contributed by atoms with Gasteiger partial charge >= 0.3 is 0 Å². The first-order valence-corrected chi connectivity index (χ1v) is 10.9. The Labute approximate surface area is 187 Å². The topological polar surface area (TPSA) is 137 Å². The third-order valence-corrected chi connectivity index (χ3v) is 5.40. The summed E-state index contributed by atoms with van der Waals surface area (Å²) in [6.45, 7) is 5.45. The van der Waals surface area contributed by atoms with Crippen molar-refractivity contribution in [1.29, 1.82) is 0 Å². The number of hydrogen-bond donors (Lipinski definition) is 4. The molecular formula is C22H31N7O3. The predicted molar refractivity (Wildman–Crippen MR) is 124 cm³/mol. The lowest BCUT2D eigenvalue weighted by Crippen LogP contribution is -2.48. The number of amides is 2. The summed E-state index contributed by atoms with van der Waals surface area (Å²) in [5.74, 6) is 0.267. The van der Waals surface area contributed by atoms with Crippen molar-refractivity contribution in [3.63, 3.8) is 0 Å². The van der Waals surface area contributed by atoms with E-state index >= 15 is 0 Å². The summed E-state index contributed by atoms with van der Waals surface area (Å²) in [7, 11) is 0. The number of benzene rings is 1. The Kier molecular flexibility index (Phi) is 8.20. The van der Waals surface area contributed by atoms with Crippen LogP contribution in [0.4, 0.5) is 23.1 Å². The van der Waals surface area contributed by atoms with Crippen LogP contribution in [0.5, 0.6) is 0 Å². The van der Waals surface area contributed by atoms with E-state index in [1.807, 2.05) is 29.2 Å². The quantitative estimate of drug-likeness (QED) is 0.408. The first-order valence-electron chi connectivity index (χ1n) is 10.9. The largest absolute Gasteiger partial charge is 0.396 e. The van der Waals surface area contributed by atoms with Crippen LogP contribution in [0.2, 0.25) is 0 Å². The van der Waals surface area contributed by atoms with Crippen molar-refractivity contribution in [2.75, 3.05) is 54.9 Å². The van der Waals surface area contributed by atoms with Crippen molar-refractivity contribution in [3.8, 4) is 0 Å². The molecule has 0 unspecified atom stereocenters. The van der Waals surface area contributed by atoms with Gasteiger partial charge in [0.05, 0.1) is 5.56 Å². The molecule has 1 aliphatic rings. The minimum absolute atomic E-state index is 0.116. The van der Waals surface area contributed by atoms with E-state index in [0.717, 1.165) is 56.8 Å². The molecule has 3 rings (SSSR count). The van der Waals surface area contributed by atoms with Crippen LogP contribution in [0.1, 0.15) is 36.5 Å². The van der Waals surface area contributed by atoms with Crippen molar-refractivity contribution in [2.24, 2.45) is 5.73 Å². The zero-order valence-electron chi connectivity index (χ0n) is 18.4. The lowest BCUT2D eigenvalue weighted by molar-refractivity contribution is -0.129. The fourth-order valence-corrected chi connectivity index (χ4v) is 3.54. The fraction of sp³-hybridized carbons (Fsp3) is 0.455. The summed E-state index contributed by atoms with van der Waals surface area (Å²) in [6, 6.07) is 7.92. The molecule has 2 amide bonds. The second-order valence-electron chi connectivity index (χ2n) is 7.70. The summed E-state index contributed by atoms with van der Waals surface area (Å²) in [5, 5.41) is 15.2. The number of nitrogens with two attached hydrogens (primary N) is 1. The van der Waals surface area contributed by atoms with Crippen LogP contribution in [0.15, 0.2) is 30.5 Å². The van der Waals surface area contributed by atoms with Gasteiger partial charge in [0.25, 0.3) is 5.91 Å². The van der Waals surface area contributed by atoms with Gasteiger partial charge in [0.1, 0.15) is 5.82 Å². The molecule has 1 aromatic heterocycles. The van der Waals surface area contributed by atoms with Crippen LogP contribution >= 0.6 is 0 Å². The molecule has 0 aliphatic carbocycles. The standard InChI is InChI=1S/C22H31N7O3/c1-16(31)28-10-12-29(13-11-28)18-7-5-17(6-8-18)26-22-25-15-19(20(23)32)21(27-22)24-9-3-2-4-14-30/h5-8,15,30H,2-4,9-14H2,1H3,(H2,23,32)(H2,24,25,26,27). The van der Waals surface area contributed by atoms with Crippen molar-refractivity contribution in [1.82, 2.24) is 14.9 Å². The monoisotopic (exact) mass is 441 g/mol. The van der Waals surface area contributed by atoms with Gasteiger partial charge in [0.2, 0.25) is 11.9 Å². The van der Waals surface area contributed by atoms with Crippen LogP contribution in [-0.4, -0.2) is 71.1 Å². The molecule has 0 bridgehead atoms. The van der Waals surface area contributed by atoms with Gasteiger partial charge in [0, 0.05) is 63.8 Å². The van der Waals surface area contributed by atoms with Gasteiger partial charge in [-0.1, -0.05) is 0 Å². The zero-order valence-corrected chi connectivity index (χ0v) is 18.4. The number of aliphatic hydroxyl groups excluding tert-OH is 1. The van der Waals surface area contributed by atoms with Crippen molar-refractivity contribution in [3.05, 3.63) is 36.0 Å². The maximum Gasteiger partial charge on any atom is 0.254 e. The summed E-state index contributed by atoms with van der Waals surface area (Å²) >= 11 is 0. The number of nitrogens with one attached hydrogen (secondary N) is 2. The maximum atomic E-state index is 11.7. The Morgan fingerprint density at radius 2 is 1.81 bits per heavy atom. The van der Waals surface area contributed by atoms with E-state index in [4.69, 9.17) is 10.8 Å². The molecule has 0 radical (unpaired) electrons. The van der Waals surface area contributed by atoms with Gasteiger partial charge in [-0.15, -0.1) is 0 Å². The van der Waals surface area contributed by atoms with Gasteiger partial charge in [-0.2, -0.15) is 4.98 Å². The molecule has 5 N–H and O–H groups in total. The summed E-state index contributed by atoms with van der Waals surface area (Å²) < 4.78 is 0. The Hall–Kier alpha value is -3.40. The molecule has 2 heterocycles. The molecule has 0 saturated carbocycles. The average molecular weight is 442 g/mol. The van der Waals surface area contributed by atoms with Gasteiger partial charge in [0.15, 0.2) is 0 Å². The van der Waals surface area contributed by atoms with Gasteiger partial charge in [-0.05, 0) is 43.5 Å². The van der Waals surface area contributed by atoms with E-state index in [2.05, 4.69) is 25.5 Å². The highest BCUT2D eigenvalue weighted by Crippen LogP contribution is 2.22. The van der Waals surface area contributed by atoms with Crippen LogP contribution < -0.4 is 21.3 Å². The van der Waals surface area contributed by atoms with Crippen LogP contribution in [0.25, 0.3) is 0 Å². The highest BCUT2D eigenvalue weighted by atomic mass is 16.3. The molecule has 1 fully saturated rings. The lowest BCUT2D eigenvalue weighted by atomic mass is 10.2. The highest BCUT2D eigenvalue weighted by molar-refractivity contribution is 5.97. The van der Waals surface area contributed by atoms with E-state index < -0.39 is 5.91 Å². The smallest absolute Gasteiger partial charge is 0.254 e. The zero-order chi connectivity index (χ0) is 22.9. The summed E-state index contributed by atoms with van der Waals surface area (Å²) in [6.07, 6.45) is 3.87. The van der Waals surface area contributed by atoms with E-state index in [9.17, 15) is 9.59 Å². The number of piperazine rings is 1. The lowest BCUT2D eigenvalue weighted by Gasteiger charge is -2.35. The first kappa shape index (κ1) is 23.3. The van der Waals surface area contributed by atoms with Gasteiger partial charge < -0.3 is 31.3 Å². The summed E-state index contributed by atoms with van der Waals surface area (Å²) in [4.78, 5) is 35.9. The summed E-state index contributed by atoms with van der Waals surface area (Å²) in [5.41, 5.74) is 7.59. The Bertz CT molecular complexity index is 912. The molecule has 172 valence electrons.